The van der Waals surface area contributed by atoms with Crippen molar-refractivity contribution in [3.63, 3.8) is 0 Å². The molecule has 2 unspecified atom stereocenters. The van der Waals surface area contributed by atoms with E-state index < -0.39 is 0 Å². The van der Waals surface area contributed by atoms with Crippen LogP contribution in [0.2, 0.25) is 0 Å². The SMILES string of the molecule is CC(C)(C)c1cccc(OC2CC(N)C2(C)C)c1. The summed E-state index contributed by atoms with van der Waals surface area (Å²) in [6, 6.07) is 8.68. The lowest BCUT2D eigenvalue weighted by Gasteiger charge is -2.49. The molecule has 0 bridgehead atoms. The molecular formula is C16H25NO. The average molecular weight is 247 g/mol. The molecule has 1 aliphatic carbocycles. The molecule has 1 saturated carbocycles. The summed E-state index contributed by atoms with van der Waals surface area (Å²) in [6.45, 7) is 11.0. The van der Waals surface area contributed by atoms with Gasteiger partial charge in [-0.05, 0) is 23.1 Å². The zero-order chi connectivity index (χ0) is 13.6. The van der Waals surface area contributed by atoms with E-state index in [0.29, 0.717) is 0 Å². The molecule has 2 N–H and O–H groups in total. The molecule has 1 aliphatic rings. The lowest BCUT2D eigenvalue weighted by atomic mass is 9.65. The highest BCUT2D eigenvalue weighted by Crippen LogP contribution is 2.42. The molecule has 0 aliphatic heterocycles. The number of hydrogen-bond donors (Lipinski definition) is 1. The van der Waals surface area contributed by atoms with Crippen LogP contribution < -0.4 is 10.5 Å². The Morgan fingerprint density at radius 2 is 1.94 bits per heavy atom. The Balaban J connectivity index is 2.12. The van der Waals surface area contributed by atoms with Gasteiger partial charge in [-0.1, -0.05) is 46.8 Å². The van der Waals surface area contributed by atoms with E-state index in [1.54, 1.807) is 0 Å². The highest BCUT2D eigenvalue weighted by atomic mass is 16.5. The second-order valence-corrected chi connectivity index (χ2v) is 7.05. The van der Waals surface area contributed by atoms with Crippen LogP contribution in [0.1, 0.15) is 46.6 Å². The van der Waals surface area contributed by atoms with Crippen molar-refractivity contribution < 1.29 is 4.74 Å². The first-order valence-electron chi connectivity index (χ1n) is 6.74. The molecular weight excluding hydrogens is 222 g/mol. The van der Waals surface area contributed by atoms with Crippen molar-refractivity contribution in [3.8, 4) is 5.75 Å². The Bertz CT molecular complexity index is 431. The maximum Gasteiger partial charge on any atom is 0.120 e. The fourth-order valence-corrected chi connectivity index (χ4v) is 2.32. The number of hydrogen-bond acceptors (Lipinski definition) is 2. The third-order valence-electron chi connectivity index (χ3n) is 4.23. The summed E-state index contributed by atoms with van der Waals surface area (Å²) in [5.41, 5.74) is 7.57. The van der Waals surface area contributed by atoms with Crippen molar-refractivity contribution in [2.75, 3.05) is 0 Å². The van der Waals surface area contributed by atoms with Gasteiger partial charge in [0.1, 0.15) is 11.9 Å². The Morgan fingerprint density at radius 3 is 2.44 bits per heavy atom. The van der Waals surface area contributed by atoms with E-state index in [0.717, 1.165) is 12.2 Å². The molecule has 0 saturated heterocycles. The average Bonchev–Trinajstić information content (AvgIpc) is 2.28. The number of benzene rings is 1. The van der Waals surface area contributed by atoms with Gasteiger partial charge in [-0.15, -0.1) is 0 Å². The monoisotopic (exact) mass is 247 g/mol. The quantitative estimate of drug-likeness (QED) is 0.868. The summed E-state index contributed by atoms with van der Waals surface area (Å²) in [5.74, 6) is 0.965. The zero-order valence-electron chi connectivity index (χ0n) is 12.2. The fraction of sp³-hybridized carbons (Fsp3) is 0.625. The Hall–Kier alpha value is -1.02. The second-order valence-electron chi connectivity index (χ2n) is 7.05. The maximum absolute atomic E-state index is 6.09. The number of rotatable bonds is 2. The first-order valence-corrected chi connectivity index (χ1v) is 6.74. The third-order valence-corrected chi connectivity index (χ3v) is 4.23. The summed E-state index contributed by atoms with van der Waals surface area (Å²) in [7, 11) is 0. The van der Waals surface area contributed by atoms with Crippen LogP contribution >= 0.6 is 0 Å². The van der Waals surface area contributed by atoms with Crippen molar-refractivity contribution in [1.29, 1.82) is 0 Å². The highest BCUT2D eigenvalue weighted by molar-refractivity contribution is 5.33. The molecule has 0 radical (unpaired) electrons. The molecule has 2 nitrogen and oxygen atoms in total. The predicted molar refractivity (Wildman–Crippen MR) is 75.9 cm³/mol. The molecule has 1 fully saturated rings. The standard InChI is InChI=1S/C16H25NO/c1-15(2,3)11-7-6-8-12(9-11)18-14-10-13(17)16(14,4)5/h6-9,13-14H,10,17H2,1-5H3. The van der Waals surface area contributed by atoms with Gasteiger partial charge in [0.05, 0.1) is 0 Å². The molecule has 18 heavy (non-hydrogen) atoms. The van der Waals surface area contributed by atoms with Gasteiger partial charge < -0.3 is 10.5 Å². The minimum absolute atomic E-state index is 0.0811. The molecule has 2 heteroatoms. The normalized spacial score (nSPS) is 26.6. The molecule has 0 heterocycles. The third kappa shape index (κ3) is 2.39. The van der Waals surface area contributed by atoms with E-state index in [4.69, 9.17) is 10.5 Å². The van der Waals surface area contributed by atoms with Gasteiger partial charge in [0.2, 0.25) is 0 Å². The van der Waals surface area contributed by atoms with Crippen LogP contribution in [0.25, 0.3) is 0 Å². The van der Waals surface area contributed by atoms with Crippen molar-refractivity contribution in [3.05, 3.63) is 29.8 Å². The maximum atomic E-state index is 6.09. The van der Waals surface area contributed by atoms with Gasteiger partial charge in [-0.25, -0.2) is 0 Å². The molecule has 1 aromatic carbocycles. The van der Waals surface area contributed by atoms with Crippen molar-refractivity contribution in [1.82, 2.24) is 0 Å². The summed E-state index contributed by atoms with van der Waals surface area (Å²) < 4.78 is 6.09. The van der Waals surface area contributed by atoms with Crippen LogP contribution in [0.15, 0.2) is 24.3 Å². The molecule has 0 spiro atoms. The number of nitrogens with two attached hydrogens (primary N) is 1. The molecule has 2 rings (SSSR count). The van der Waals surface area contributed by atoms with Gasteiger partial charge in [-0.2, -0.15) is 0 Å². The van der Waals surface area contributed by atoms with Gasteiger partial charge in [0, 0.05) is 17.9 Å². The molecule has 1 aromatic rings. The largest absolute Gasteiger partial charge is 0.490 e. The number of ether oxygens (including phenoxy) is 1. The van der Waals surface area contributed by atoms with Crippen LogP contribution in [0.3, 0.4) is 0 Å². The zero-order valence-corrected chi connectivity index (χ0v) is 12.2. The lowest BCUT2D eigenvalue weighted by molar-refractivity contribution is -0.0400. The summed E-state index contributed by atoms with van der Waals surface area (Å²) >= 11 is 0. The van der Waals surface area contributed by atoms with E-state index in [1.165, 1.54) is 5.56 Å². The fourth-order valence-electron chi connectivity index (χ4n) is 2.32. The van der Waals surface area contributed by atoms with Crippen LogP contribution in [-0.2, 0) is 5.41 Å². The van der Waals surface area contributed by atoms with Crippen LogP contribution in [-0.4, -0.2) is 12.1 Å². The minimum atomic E-state index is 0.0811. The Kier molecular flexibility index (Phi) is 3.18. The van der Waals surface area contributed by atoms with E-state index in [2.05, 4.69) is 52.8 Å². The highest BCUT2D eigenvalue weighted by Gasteiger charge is 2.47. The van der Waals surface area contributed by atoms with Gasteiger partial charge in [0.15, 0.2) is 0 Å². The van der Waals surface area contributed by atoms with E-state index in [9.17, 15) is 0 Å². The summed E-state index contributed by atoms with van der Waals surface area (Å²) in [5, 5.41) is 0. The van der Waals surface area contributed by atoms with Crippen LogP contribution in [0.5, 0.6) is 5.75 Å². The van der Waals surface area contributed by atoms with Gasteiger partial charge in [-0.3, -0.25) is 0 Å². The molecule has 0 aromatic heterocycles. The van der Waals surface area contributed by atoms with E-state index >= 15 is 0 Å². The first kappa shape index (κ1) is 13.4. The van der Waals surface area contributed by atoms with E-state index in [1.807, 2.05) is 6.07 Å². The van der Waals surface area contributed by atoms with Crippen molar-refractivity contribution in [2.24, 2.45) is 11.1 Å². The smallest absolute Gasteiger partial charge is 0.120 e. The van der Waals surface area contributed by atoms with Gasteiger partial charge in [0.25, 0.3) is 0 Å². The van der Waals surface area contributed by atoms with Crippen molar-refractivity contribution >= 4 is 0 Å². The Labute approximate surface area is 111 Å². The van der Waals surface area contributed by atoms with Crippen molar-refractivity contribution in [2.45, 2.75) is 58.6 Å². The predicted octanol–water partition coefficient (Wildman–Crippen LogP) is 3.49. The minimum Gasteiger partial charge on any atom is -0.490 e. The second kappa shape index (κ2) is 4.27. The topological polar surface area (TPSA) is 35.2 Å². The Morgan fingerprint density at radius 1 is 1.28 bits per heavy atom. The van der Waals surface area contributed by atoms with Gasteiger partial charge >= 0.3 is 0 Å². The summed E-state index contributed by atoms with van der Waals surface area (Å²) in [6.07, 6.45) is 1.19. The summed E-state index contributed by atoms with van der Waals surface area (Å²) in [4.78, 5) is 0. The van der Waals surface area contributed by atoms with Crippen LogP contribution in [0, 0.1) is 5.41 Å². The lowest BCUT2D eigenvalue weighted by Crippen LogP contribution is -2.60. The molecule has 2 atom stereocenters. The molecule has 0 amide bonds. The first-order chi connectivity index (χ1) is 8.21. The van der Waals surface area contributed by atoms with Crippen LogP contribution in [0.4, 0.5) is 0 Å². The van der Waals surface area contributed by atoms with E-state index in [-0.39, 0.29) is 23.0 Å². The molecule has 100 valence electrons.